The fraction of sp³-hybridized carbons (Fsp3) is 0.615. The second-order valence-electron chi connectivity index (χ2n) is 10.5. The standard InChI is InChI=1S/C26H32FNO2/c1-16(29)30-20-8-10-25(2)18(13-20)4-5-21-23-7-6-22(17-12-19(27)15-28-14-17)26(23,3)11-9-24(21)25/h6-7,12,14-15,18,20-21,24H,4-5,8-11,13H2,1-3H3/t18?,20-,21-,24-,25-,26+/m0/s1. The molecule has 3 nitrogen and oxygen atoms in total. The first-order valence-corrected chi connectivity index (χ1v) is 11.5. The van der Waals surface area contributed by atoms with Crippen LogP contribution in [-0.4, -0.2) is 17.1 Å². The fourth-order valence-electron chi connectivity index (χ4n) is 7.53. The van der Waals surface area contributed by atoms with Crippen LogP contribution >= 0.6 is 0 Å². The third kappa shape index (κ3) is 2.98. The van der Waals surface area contributed by atoms with Crippen LogP contribution in [-0.2, 0) is 9.53 Å². The molecule has 3 fully saturated rings. The number of allylic oxidation sites excluding steroid dienone is 4. The van der Waals surface area contributed by atoms with Crippen LogP contribution in [0.25, 0.3) is 5.57 Å². The summed E-state index contributed by atoms with van der Waals surface area (Å²) in [4.78, 5) is 15.5. The summed E-state index contributed by atoms with van der Waals surface area (Å²) in [5.74, 6) is 1.52. The van der Waals surface area contributed by atoms with Crippen LogP contribution in [0.15, 0.2) is 36.2 Å². The van der Waals surface area contributed by atoms with E-state index in [4.69, 9.17) is 4.74 Å². The molecule has 0 radical (unpaired) electrons. The molecule has 0 bridgehead atoms. The first kappa shape index (κ1) is 20.0. The second-order valence-corrected chi connectivity index (χ2v) is 10.5. The van der Waals surface area contributed by atoms with E-state index in [-0.39, 0.29) is 23.3 Å². The Morgan fingerprint density at radius 3 is 2.73 bits per heavy atom. The lowest BCUT2D eigenvalue weighted by Crippen LogP contribution is -2.51. The van der Waals surface area contributed by atoms with Crippen molar-refractivity contribution < 1.29 is 13.9 Å². The van der Waals surface area contributed by atoms with Gasteiger partial charge in [0, 0.05) is 18.5 Å². The van der Waals surface area contributed by atoms with Gasteiger partial charge in [-0.1, -0.05) is 31.6 Å². The van der Waals surface area contributed by atoms with Crippen LogP contribution in [0.3, 0.4) is 0 Å². The molecule has 0 amide bonds. The number of hydrogen-bond donors (Lipinski definition) is 0. The maximum atomic E-state index is 13.8. The average Bonchev–Trinajstić information content (AvgIpc) is 3.05. The Labute approximate surface area is 178 Å². The van der Waals surface area contributed by atoms with Crippen molar-refractivity contribution in [3.8, 4) is 0 Å². The fourth-order valence-corrected chi connectivity index (χ4v) is 7.53. The quantitative estimate of drug-likeness (QED) is 0.553. The summed E-state index contributed by atoms with van der Waals surface area (Å²) in [6.07, 6.45) is 15.6. The lowest BCUT2D eigenvalue weighted by molar-refractivity contribution is -0.154. The maximum absolute atomic E-state index is 13.8. The molecular formula is C26H32FNO2. The van der Waals surface area contributed by atoms with Crippen LogP contribution in [0.5, 0.6) is 0 Å². The number of carbonyl (C=O) groups is 1. The highest BCUT2D eigenvalue weighted by atomic mass is 19.1. The number of nitrogens with zero attached hydrogens (tertiary/aromatic N) is 1. The van der Waals surface area contributed by atoms with Gasteiger partial charge in [0.05, 0.1) is 6.20 Å². The van der Waals surface area contributed by atoms with Gasteiger partial charge in [-0.25, -0.2) is 4.39 Å². The summed E-state index contributed by atoms with van der Waals surface area (Å²) in [7, 11) is 0. The topological polar surface area (TPSA) is 39.2 Å². The first-order chi connectivity index (χ1) is 14.3. The zero-order chi connectivity index (χ0) is 21.1. The van der Waals surface area contributed by atoms with Crippen molar-refractivity contribution >= 4 is 11.5 Å². The molecule has 0 aliphatic heterocycles. The van der Waals surface area contributed by atoms with Gasteiger partial charge >= 0.3 is 5.97 Å². The van der Waals surface area contributed by atoms with Crippen LogP contribution < -0.4 is 0 Å². The Kier molecular flexibility index (Phi) is 4.68. The van der Waals surface area contributed by atoms with E-state index in [1.165, 1.54) is 38.0 Å². The lowest BCUT2D eigenvalue weighted by atomic mass is 9.46. The predicted molar refractivity (Wildman–Crippen MR) is 115 cm³/mol. The highest BCUT2D eigenvalue weighted by molar-refractivity contribution is 5.78. The smallest absolute Gasteiger partial charge is 0.302 e. The van der Waals surface area contributed by atoms with Crippen molar-refractivity contribution in [1.29, 1.82) is 0 Å². The molecule has 0 aromatic carbocycles. The van der Waals surface area contributed by atoms with E-state index < -0.39 is 0 Å². The molecule has 3 saturated carbocycles. The molecule has 4 aliphatic carbocycles. The lowest BCUT2D eigenvalue weighted by Gasteiger charge is -2.59. The number of ether oxygens (including phenoxy) is 1. The highest BCUT2D eigenvalue weighted by Gasteiger charge is 2.56. The molecule has 0 saturated heterocycles. The minimum Gasteiger partial charge on any atom is -0.463 e. The zero-order valence-electron chi connectivity index (χ0n) is 18.3. The molecule has 1 aromatic rings. The summed E-state index contributed by atoms with van der Waals surface area (Å²) in [5, 5.41) is 0. The van der Waals surface area contributed by atoms with Crippen molar-refractivity contribution in [2.24, 2.45) is 28.6 Å². The van der Waals surface area contributed by atoms with Crippen LogP contribution in [0, 0.1) is 34.4 Å². The number of esters is 1. The molecule has 6 atom stereocenters. The average molecular weight is 410 g/mol. The molecule has 1 heterocycles. The molecule has 160 valence electrons. The molecule has 4 heteroatoms. The normalized spacial score (nSPS) is 39.9. The third-order valence-electron chi connectivity index (χ3n) is 9.01. The Balaban J connectivity index is 1.39. The van der Waals surface area contributed by atoms with Crippen molar-refractivity contribution in [3.63, 3.8) is 0 Å². The molecule has 1 aromatic heterocycles. The van der Waals surface area contributed by atoms with Gasteiger partial charge in [0.25, 0.3) is 0 Å². The predicted octanol–water partition coefficient (Wildman–Crippen LogP) is 6.11. The number of carbonyl (C=O) groups excluding carboxylic acids is 1. The number of fused-ring (bicyclic) bond motifs is 5. The number of rotatable bonds is 2. The third-order valence-corrected chi connectivity index (χ3v) is 9.01. The van der Waals surface area contributed by atoms with Gasteiger partial charge in [0.2, 0.25) is 0 Å². The van der Waals surface area contributed by atoms with E-state index >= 15 is 0 Å². The number of pyridine rings is 1. The Morgan fingerprint density at radius 1 is 1.13 bits per heavy atom. The summed E-state index contributed by atoms with van der Waals surface area (Å²) < 4.78 is 19.4. The SMILES string of the molecule is CC(=O)O[C@H]1CC[C@@]2(C)C(CC[C@H]3C4=CC=C(c5cncc(F)c5)[C@@]4(C)CC[C@@H]32)C1. The van der Waals surface area contributed by atoms with Crippen LogP contribution in [0.1, 0.15) is 71.3 Å². The van der Waals surface area contributed by atoms with E-state index in [0.29, 0.717) is 23.2 Å². The minimum absolute atomic E-state index is 0.00518. The summed E-state index contributed by atoms with van der Waals surface area (Å²) in [6.45, 7) is 6.38. The monoisotopic (exact) mass is 409 g/mol. The van der Waals surface area contributed by atoms with Crippen molar-refractivity contribution in [3.05, 3.63) is 47.6 Å². The Morgan fingerprint density at radius 2 is 1.97 bits per heavy atom. The number of hydrogen-bond acceptors (Lipinski definition) is 3. The van der Waals surface area contributed by atoms with E-state index in [1.54, 1.807) is 17.8 Å². The van der Waals surface area contributed by atoms with E-state index in [1.807, 2.05) is 0 Å². The largest absolute Gasteiger partial charge is 0.463 e. The van der Waals surface area contributed by atoms with Gasteiger partial charge in [-0.2, -0.15) is 0 Å². The van der Waals surface area contributed by atoms with E-state index in [0.717, 1.165) is 31.2 Å². The van der Waals surface area contributed by atoms with Crippen LogP contribution in [0.2, 0.25) is 0 Å². The van der Waals surface area contributed by atoms with Crippen molar-refractivity contribution in [2.45, 2.75) is 71.8 Å². The molecule has 0 N–H and O–H groups in total. The summed E-state index contributed by atoms with van der Waals surface area (Å²) in [6, 6.07) is 1.63. The van der Waals surface area contributed by atoms with Crippen molar-refractivity contribution in [1.82, 2.24) is 4.98 Å². The molecular weight excluding hydrogens is 377 g/mol. The molecule has 0 spiro atoms. The number of halogens is 1. The molecule has 1 unspecified atom stereocenters. The Hall–Kier alpha value is -1.97. The second kappa shape index (κ2) is 7.03. The summed E-state index contributed by atoms with van der Waals surface area (Å²) in [5.41, 5.74) is 4.03. The van der Waals surface area contributed by atoms with Gasteiger partial charge in [-0.15, -0.1) is 0 Å². The van der Waals surface area contributed by atoms with Crippen molar-refractivity contribution in [2.75, 3.05) is 0 Å². The van der Waals surface area contributed by atoms with Gasteiger partial charge in [-0.05, 0) is 85.3 Å². The van der Waals surface area contributed by atoms with Gasteiger partial charge in [0.15, 0.2) is 0 Å². The van der Waals surface area contributed by atoms with E-state index in [9.17, 15) is 9.18 Å². The first-order valence-electron chi connectivity index (χ1n) is 11.5. The summed E-state index contributed by atoms with van der Waals surface area (Å²) >= 11 is 0. The zero-order valence-corrected chi connectivity index (χ0v) is 18.3. The van der Waals surface area contributed by atoms with E-state index in [2.05, 4.69) is 31.0 Å². The number of aromatic nitrogens is 1. The van der Waals surface area contributed by atoms with Gasteiger partial charge in [0.1, 0.15) is 11.9 Å². The molecule has 5 rings (SSSR count). The molecule has 30 heavy (non-hydrogen) atoms. The van der Waals surface area contributed by atoms with Gasteiger partial charge in [-0.3, -0.25) is 9.78 Å². The van der Waals surface area contributed by atoms with Crippen LogP contribution in [0.4, 0.5) is 4.39 Å². The van der Waals surface area contributed by atoms with Gasteiger partial charge < -0.3 is 4.74 Å². The molecule has 4 aliphatic rings. The minimum atomic E-state index is -0.267. The maximum Gasteiger partial charge on any atom is 0.302 e. The Bertz CT molecular complexity index is 937. The highest BCUT2D eigenvalue weighted by Crippen LogP contribution is 2.66.